The maximum absolute atomic E-state index is 5.59. The molecule has 0 spiro atoms. The van der Waals surface area contributed by atoms with Crippen LogP contribution in [0.2, 0.25) is 0 Å². The summed E-state index contributed by atoms with van der Waals surface area (Å²) in [7, 11) is 0. The van der Waals surface area contributed by atoms with Crippen LogP contribution in [0.15, 0.2) is 28.7 Å². The molecule has 1 nitrogen and oxygen atoms in total. The average Bonchev–Trinajstić information content (AvgIpc) is 2.02. The number of nitrogens with two attached hydrogens (primary N) is 1. The van der Waals surface area contributed by atoms with E-state index in [2.05, 4.69) is 54.0 Å². The van der Waals surface area contributed by atoms with Crippen molar-refractivity contribution in [1.29, 1.82) is 0 Å². The third kappa shape index (κ3) is 3.81. The van der Waals surface area contributed by atoms with Gasteiger partial charge < -0.3 is 5.73 Å². The largest absolute Gasteiger partial charge is 0.330 e. The molecule has 2 N–H and O–H groups in total. The first kappa shape index (κ1) is 11.7. The SMILES string of the molecule is CC(C)(CCN)Cc1cccc(Br)c1. The van der Waals surface area contributed by atoms with Crippen molar-refractivity contribution in [2.75, 3.05) is 6.54 Å². The molecule has 0 aliphatic carbocycles. The molecule has 14 heavy (non-hydrogen) atoms. The lowest BCUT2D eigenvalue weighted by Gasteiger charge is -2.23. The molecule has 0 aliphatic heterocycles. The predicted octanol–water partition coefficient (Wildman–Crippen LogP) is 3.37. The van der Waals surface area contributed by atoms with E-state index in [1.165, 1.54) is 5.56 Å². The van der Waals surface area contributed by atoms with Gasteiger partial charge in [0.2, 0.25) is 0 Å². The Balaban J connectivity index is 2.68. The standard InChI is InChI=1S/C12H18BrN/c1-12(2,6-7-14)9-10-4-3-5-11(13)8-10/h3-5,8H,6-7,9,14H2,1-2H3. The van der Waals surface area contributed by atoms with Gasteiger partial charge in [-0.3, -0.25) is 0 Å². The van der Waals surface area contributed by atoms with E-state index in [0.29, 0.717) is 5.41 Å². The normalized spacial score (nSPS) is 11.7. The van der Waals surface area contributed by atoms with Gasteiger partial charge >= 0.3 is 0 Å². The summed E-state index contributed by atoms with van der Waals surface area (Å²) in [5, 5.41) is 0. The number of halogens is 1. The van der Waals surface area contributed by atoms with Gasteiger partial charge in [0.15, 0.2) is 0 Å². The Kier molecular flexibility index (Phi) is 4.14. The van der Waals surface area contributed by atoms with Crippen LogP contribution in [0, 0.1) is 5.41 Å². The minimum atomic E-state index is 0.301. The minimum Gasteiger partial charge on any atom is -0.330 e. The smallest absolute Gasteiger partial charge is 0.0177 e. The van der Waals surface area contributed by atoms with Crippen LogP contribution in [0.25, 0.3) is 0 Å². The molecule has 0 unspecified atom stereocenters. The van der Waals surface area contributed by atoms with Crippen molar-refractivity contribution in [3.05, 3.63) is 34.3 Å². The van der Waals surface area contributed by atoms with E-state index in [-0.39, 0.29) is 0 Å². The summed E-state index contributed by atoms with van der Waals surface area (Å²) in [6.07, 6.45) is 2.16. The molecule has 0 radical (unpaired) electrons. The summed E-state index contributed by atoms with van der Waals surface area (Å²) in [6.45, 7) is 5.29. The topological polar surface area (TPSA) is 26.0 Å². The highest BCUT2D eigenvalue weighted by molar-refractivity contribution is 9.10. The first-order valence-electron chi connectivity index (χ1n) is 4.98. The maximum atomic E-state index is 5.59. The summed E-state index contributed by atoms with van der Waals surface area (Å²) < 4.78 is 1.15. The van der Waals surface area contributed by atoms with Gasteiger partial charge in [-0.15, -0.1) is 0 Å². The molecular weight excluding hydrogens is 238 g/mol. The van der Waals surface area contributed by atoms with E-state index >= 15 is 0 Å². The molecule has 0 aromatic heterocycles. The molecule has 2 heteroatoms. The molecule has 0 bridgehead atoms. The molecule has 1 aromatic rings. The van der Waals surface area contributed by atoms with E-state index in [4.69, 9.17) is 5.73 Å². The van der Waals surface area contributed by atoms with Crippen LogP contribution in [0.1, 0.15) is 25.8 Å². The summed E-state index contributed by atoms with van der Waals surface area (Å²) in [5.41, 5.74) is 7.26. The van der Waals surface area contributed by atoms with E-state index in [0.717, 1.165) is 23.9 Å². The highest BCUT2D eigenvalue weighted by atomic mass is 79.9. The zero-order valence-corrected chi connectivity index (χ0v) is 10.5. The second-order valence-electron chi connectivity index (χ2n) is 4.51. The molecule has 0 aliphatic rings. The van der Waals surface area contributed by atoms with Crippen LogP contribution < -0.4 is 5.73 Å². The van der Waals surface area contributed by atoms with Crippen molar-refractivity contribution in [3.8, 4) is 0 Å². The van der Waals surface area contributed by atoms with Gasteiger partial charge in [-0.05, 0) is 42.5 Å². The fourth-order valence-corrected chi connectivity index (χ4v) is 2.13. The fourth-order valence-electron chi connectivity index (χ4n) is 1.68. The monoisotopic (exact) mass is 255 g/mol. The molecule has 1 rings (SSSR count). The van der Waals surface area contributed by atoms with E-state index in [1.807, 2.05) is 0 Å². The average molecular weight is 256 g/mol. The number of benzene rings is 1. The molecule has 0 atom stereocenters. The fraction of sp³-hybridized carbons (Fsp3) is 0.500. The zero-order valence-electron chi connectivity index (χ0n) is 8.89. The van der Waals surface area contributed by atoms with Crippen LogP contribution in [0.4, 0.5) is 0 Å². The maximum Gasteiger partial charge on any atom is 0.0177 e. The Bertz CT molecular complexity index is 294. The van der Waals surface area contributed by atoms with Crippen molar-refractivity contribution in [3.63, 3.8) is 0 Å². The Morgan fingerprint density at radius 1 is 1.36 bits per heavy atom. The molecule has 78 valence electrons. The third-order valence-electron chi connectivity index (χ3n) is 2.39. The van der Waals surface area contributed by atoms with Crippen molar-refractivity contribution in [1.82, 2.24) is 0 Å². The van der Waals surface area contributed by atoms with Crippen molar-refractivity contribution >= 4 is 15.9 Å². The first-order valence-corrected chi connectivity index (χ1v) is 5.77. The van der Waals surface area contributed by atoms with Gasteiger partial charge in [0.25, 0.3) is 0 Å². The van der Waals surface area contributed by atoms with Crippen molar-refractivity contribution < 1.29 is 0 Å². The number of hydrogen-bond acceptors (Lipinski definition) is 1. The van der Waals surface area contributed by atoms with Crippen LogP contribution >= 0.6 is 15.9 Å². The van der Waals surface area contributed by atoms with Crippen LogP contribution in [0.3, 0.4) is 0 Å². The van der Waals surface area contributed by atoms with Gasteiger partial charge in [-0.2, -0.15) is 0 Å². The van der Waals surface area contributed by atoms with Gasteiger partial charge in [-0.25, -0.2) is 0 Å². The highest BCUT2D eigenvalue weighted by Crippen LogP contribution is 2.26. The predicted molar refractivity (Wildman–Crippen MR) is 65.3 cm³/mol. The molecule has 0 heterocycles. The zero-order chi connectivity index (χ0) is 10.6. The Morgan fingerprint density at radius 3 is 2.64 bits per heavy atom. The van der Waals surface area contributed by atoms with Crippen LogP contribution in [-0.2, 0) is 6.42 Å². The second-order valence-corrected chi connectivity index (χ2v) is 5.43. The quantitative estimate of drug-likeness (QED) is 0.878. The second kappa shape index (κ2) is 4.94. The highest BCUT2D eigenvalue weighted by Gasteiger charge is 2.17. The lowest BCUT2D eigenvalue weighted by molar-refractivity contribution is 0.339. The summed E-state index contributed by atoms with van der Waals surface area (Å²) in [4.78, 5) is 0. The molecular formula is C12H18BrN. The lowest BCUT2D eigenvalue weighted by Crippen LogP contribution is -2.19. The van der Waals surface area contributed by atoms with E-state index < -0.39 is 0 Å². The first-order chi connectivity index (χ1) is 6.53. The Labute approximate surface area is 94.8 Å². The van der Waals surface area contributed by atoms with Crippen molar-refractivity contribution in [2.45, 2.75) is 26.7 Å². The number of hydrogen-bond donors (Lipinski definition) is 1. The minimum absolute atomic E-state index is 0.301. The molecule has 0 saturated carbocycles. The van der Waals surface area contributed by atoms with Gasteiger partial charge in [0.1, 0.15) is 0 Å². The molecule has 1 aromatic carbocycles. The summed E-state index contributed by atoms with van der Waals surface area (Å²) >= 11 is 3.48. The number of rotatable bonds is 4. The Hall–Kier alpha value is -0.340. The van der Waals surface area contributed by atoms with E-state index in [1.54, 1.807) is 0 Å². The van der Waals surface area contributed by atoms with Gasteiger partial charge in [-0.1, -0.05) is 41.9 Å². The molecule has 0 fully saturated rings. The molecule has 0 saturated heterocycles. The Morgan fingerprint density at radius 2 is 2.07 bits per heavy atom. The van der Waals surface area contributed by atoms with E-state index in [9.17, 15) is 0 Å². The van der Waals surface area contributed by atoms with Gasteiger partial charge in [0.05, 0.1) is 0 Å². The van der Waals surface area contributed by atoms with Crippen LogP contribution in [0.5, 0.6) is 0 Å². The van der Waals surface area contributed by atoms with Crippen LogP contribution in [-0.4, -0.2) is 6.54 Å². The lowest BCUT2D eigenvalue weighted by atomic mass is 9.83. The van der Waals surface area contributed by atoms with Gasteiger partial charge in [0, 0.05) is 4.47 Å². The third-order valence-corrected chi connectivity index (χ3v) is 2.89. The molecule has 0 amide bonds. The van der Waals surface area contributed by atoms with Crippen molar-refractivity contribution in [2.24, 2.45) is 11.1 Å². The summed E-state index contributed by atoms with van der Waals surface area (Å²) in [6, 6.07) is 8.48. The summed E-state index contributed by atoms with van der Waals surface area (Å²) in [5.74, 6) is 0.